The summed E-state index contributed by atoms with van der Waals surface area (Å²) in [7, 11) is 0. The maximum absolute atomic E-state index is 12.1. The first-order valence-corrected chi connectivity index (χ1v) is 13.3. The summed E-state index contributed by atoms with van der Waals surface area (Å²) in [5, 5.41) is 3.93. The molecule has 0 bridgehead atoms. The third kappa shape index (κ3) is 4.58. The predicted octanol–water partition coefficient (Wildman–Crippen LogP) is 6.52. The number of carbonyl (C=O) groups excluding carboxylic acids is 1. The Morgan fingerprint density at radius 1 is 1.09 bits per heavy atom. The number of ether oxygens (including phenoxy) is 1. The predicted molar refractivity (Wildman–Crippen MR) is 144 cm³/mol. The number of nitrogens with two attached hydrogens (primary N) is 1. The molecule has 1 saturated heterocycles. The zero-order chi connectivity index (χ0) is 23.9. The molecule has 2 aromatic carbocycles. The largest absolute Gasteiger partial charge is 0.444 e. The zero-order valence-electron chi connectivity index (χ0n) is 20.3. The van der Waals surface area contributed by atoms with E-state index in [0.29, 0.717) is 11.7 Å². The van der Waals surface area contributed by atoms with Gasteiger partial charge in [0.05, 0.1) is 16.9 Å². The number of benzene rings is 2. The number of nitrogen functional groups attached to an aromatic ring is 1. The summed E-state index contributed by atoms with van der Waals surface area (Å²) in [6, 6.07) is 15.1. The van der Waals surface area contributed by atoms with Crippen LogP contribution in [0.4, 0.5) is 21.9 Å². The highest BCUT2D eigenvalue weighted by Crippen LogP contribution is 2.45. The van der Waals surface area contributed by atoms with Crippen molar-refractivity contribution >= 4 is 45.8 Å². The highest BCUT2D eigenvalue weighted by molar-refractivity contribution is 7.99. The molecule has 0 spiro atoms. The molecular formula is C27H34N4O2S. The Balaban J connectivity index is 1.50. The monoisotopic (exact) mass is 478 g/mol. The molecule has 5 rings (SSSR count). The Morgan fingerprint density at radius 3 is 2.41 bits per heavy atom. The van der Waals surface area contributed by atoms with Gasteiger partial charge in [-0.3, -0.25) is 5.32 Å². The lowest BCUT2D eigenvalue weighted by Gasteiger charge is -2.31. The average molecular weight is 479 g/mol. The van der Waals surface area contributed by atoms with Crippen LogP contribution in [0.5, 0.6) is 0 Å². The van der Waals surface area contributed by atoms with Crippen LogP contribution in [0.15, 0.2) is 42.5 Å². The molecule has 6 nitrogen and oxygen atoms in total. The maximum Gasteiger partial charge on any atom is 0.412 e. The van der Waals surface area contributed by atoms with E-state index in [1.165, 1.54) is 42.0 Å². The normalized spacial score (nSPS) is 17.0. The topological polar surface area (TPSA) is 72.5 Å². The van der Waals surface area contributed by atoms with E-state index in [0.717, 1.165) is 35.4 Å². The summed E-state index contributed by atoms with van der Waals surface area (Å²) in [6.45, 7) is 7.75. The number of amides is 1. The second-order valence-electron chi connectivity index (χ2n) is 10.2. The Hall–Kier alpha value is -2.80. The summed E-state index contributed by atoms with van der Waals surface area (Å²) in [4.78, 5) is 14.6. The van der Waals surface area contributed by atoms with Crippen LogP contribution in [0.1, 0.15) is 46.1 Å². The second-order valence-corrected chi connectivity index (χ2v) is 11.4. The minimum absolute atomic E-state index is 0.452. The fraction of sp³-hybridized carbons (Fsp3) is 0.444. The van der Waals surface area contributed by atoms with Crippen molar-refractivity contribution in [1.82, 2.24) is 4.57 Å². The van der Waals surface area contributed by atoms with Crippen molar-refractivity contribution in [2.45, 2.75) is 51.7 Å². The molecule has 0 atom stereocenters. The van der Waals surface area contributed by atoms with Crippen LogP contribution in [-0.4, -0.2) is 40.9 Å². The molecule has 3 aromatic rings. The van der Waals surface area contributed by atoms with Gasteiger partial charge >= 0.3 is 6.09 Å². The lowest BCUT2D eigenvalue weighted by Crippen LogP contribution is -2.32. The Bertz CT molecular complexity index is 1190. The van der Waals surface area contributed by atoms with E-state index in [-0.39, 0.29) is 0 Å². The minimum Gasteiger partial charge on any atom is -0.444 e. The molecule has 2 fully saturated rings. The number of hydrogen-bond donors (Lipinski definition) is 2. The first-order valence-electron chi connectivity index (χ1n) is 12.2. The second kappa shape index (κ2) is 9.10. The fourth-order valence-electron chi connectivity index (χ4n) is 4.79. The van der Waals surface area contributed by atoms with Gasteiger partial charge in [0, 0.05) is 53.0 Å². The summed E-state index contributed by atoms with van der Waals surface area (Å²) in [6.07, 6.45) is 3.16. The smallest absolute Gasteiger partial charge is 0.412 e. The van der Waals surface area contributed by atoms with Crippen molar-refractivity contribution in [3.63, 3.8) is 0 Å². The van der Waals surface area contributed by atoms with Gasteiger partial charge in [-0.15, -0.1) is 0 Å². The number of aromatic nitrogens is 1. The molecule has 1 aliphatic heterocycles. The van der Waals surface area contributed by atoms with Crippen LogP contribution >= 0.6 is 11.8 Å². The minimum atomic E-state index is -0.534. The first-order chi connectivity index (χ1) is 16.3. The number of thioether (sulfide) groups is 1. The lowest BCUT2D eigenvalue weighted by atomic mass is 9.92. The molecule has 0 radical (unpaired) electrons. The number of nitrogens with zero attached hydrogens (tertiary/aromatic N) is 2. The number of anilines is 3. The maximum atomic E-state index is 12.1. The van der Waals surface area contributed by atoms with Crippen molar-refractivity contribution in [2.75, 3.05) is 40.5 Å². The van der Waals surface area contributed by atoms with Gasteiger partial charge in [-0.2, -0.15) is 11.8 Å². The van der Waals surface area contributed by atoms with Gasteiger partial charge in [-0.25, -0.2) is 4.79 Å². The molecule has 3 N–H and O–H groups in total. The van der Waals surface area contributed by atoms with Gasteiger partial charge in [0.15, 0.2) is 0 Å². The number of nitrogens with one attached hydrogen (secondary N) is 1. The van der Waals surface area contributed by atoms with Crippen molar-refractivity contribution < 1.29 is 9.53 Å². The van der Waals surface area contributed by atoms with E-state index in [9.17, 15) is 4.79 Å². The number of fused-ring (bicyclic) bond motifs is 1. The van der Waals surface area contributed by atoms with Crippen LogP contribution in [0.25, 0.3) is 22.2 Å². The Morgan fingerprint density at radius 2 is 1.79 bits per heavy atom. The zero-order valence-corrected chi connectivity index (χ0v) is 21.1. The van der Waals surface area contributed by atoms with Gasteiger partial charge in [0.2, 0.25) is 0 Å². The van der Waals surface area contributed by atoms with E-state index < -0.39 is 11.7 Å². The molecule has 1 aliphatic carbocycles. The van der Waals surface area contributed by atoms with E-state index in [2.05, 4.69) is 33.0 Å². The van der Waals surface area contributed by atoms with Crippen LogP contribution in [0, 0.1) is 0 Å². The fourth-order valence-corrected chi connectivity index (χ4v) is 5.70. The van der Waals surface area contributed by atoms with Crippen molar-refractivity contribution in [2.24, 2.45) is 0 Å². The number of rotatable bonds is 4. The van der Waals surface area contributed by atoms with Crippen molar-refractivity contribution in [1.29, 1.82) is 0 Å². The molecule has 2 heterocycles. The summed E-state index contributed by atoms with van der Waals surface area (Å²) in [5.41, 5.74) is 12.4. The van der Waals surface area contributed by atoms with Crippen LogP contribution < -0.4 is 16.0 Å². The van der Waals surface area contributed by atoms with E-state index in [1.54, 1.807) is 0 Å². The van der Waals surface area contributed by atoms with Crippen LogP contribution in [-0.2, 0) is 4.74 Å². The molecule has 7 heteroatoms. The molecule has 1 aromatic heterocycles. The van der Waals surface area contributed by atoms with Crippen LogP contribution in [0.2, 0.25) is 0 Å². The number of hydrogen-bond acceptors (Lipinski definition) is 5. The third-order valence-corrected chi connectivity index (χ3v) is 7.59. The summed E-state index contributed by atoms with van der Waals surface area (Å²) >= 11 is 2.03. The first kappa shape index (κ1) is 23.0. The third-order valence-electron chi connectivity index (χ3n) is 6.65. The van der Waals surface area contributed by atoms with Gasteiger partial charge in [0.25, 0.3) is 0 Å². The van der Waals surface area contributed by atoms with E-state index >= 15 is 0 Å². The average Bonchev–Trinajstić information content (AvgIpc) is 3.04. The SMILES string of the molecule is CC(C)(C)OC(=O)Nc1ccc(-c2c(N)c3ccc(N4CCSCC4)cc3n2C2CCC2)cc1. The summed E-state index contributed by atoms with van der Waals surface area (Å²) in [5.74, 6) is 2.36. The molecule has 0 unspecified atom stereocenters. The van der Waals surface area contributed by atoms with E-state index in [4.69, 9.17) is 10.5 Å². The molecule has 1 saturated carbocycles. The lowest BCUT2D eigenvalue weighted by molar-refractivity contribution is 0.0636. The number of carbonyl (C=O) groups is 1. The molecular weight excluding hydrogens is 444 g/mol. The van der Waals surface area contributed by atoms with Gasteiger partial charge in [-0.1, -0.05) is 12.1 Å². The highest BCUT2D eigenvalue weighted by atomic mass is 32.2. The van der Waals surface area contributed by atoms with Gasteiger partial charge in [-0.05, 0) is 70.4 Å². The molecule has 1 amide bonds. The van der Waals surface area contributed by atoms with Gasteiger partial charge < -0.3 is 19.9 Å². The summed E-state index contributed by atoms with van der Waals surface area (Å²) < 4.78 is 7.83. The highest BCUT2D eigenvalue weighted by Gasteiger charge is 2.27. The molecule has 2 aliphatic rings. The van der Waals surface area contributed by atoms with Crippen LogP contribution in [0.3, 0.4) is 0 Å². The Kier molecular flexibility index (Phi) is 6.15. The quantitative estimate of drug-likeness (QED) is 0.447. The van der Waals surface area contributed by atoms with Crippen molar-refractivity contribution in [3.8, 4) is 11.3 Å². The Labute approximate surface area is 205 Å². The van der Waals surface area contributed by atoms with E-state index in [1.807, 2.05) is 56.8 Å². The standard InChI is InChI=1S/C27H34N4O2S/c1-27(2,3)33-26(32)29-19-9-7-18(8-10-19)25-24(28)22-12-11-21(30-13-15-34-16-14-30)17-23(22)31(25)20-5-4-6-20/h7-12,17,20H,4-6,13-16,28H2,1-3H3,(H,29,32). The van der Waals surface area contributed by atoms with Crippen molar-refractivity contribution in [3.05, 3.63) is 42.5 Å². The molecule has 34 heavy (non-hydrogen) atoms. The molecule has 180 valence electrons. The van der Waals surface area contributed by atoms with Gasteiger partial charge in [0.1, 0.15) is 5.60 Å².